The zero-order chi connectivity index (χ0) is 25.6. The first-order chi connectivity index (χ1) is 16.8. The molecule has 1 aromatic heterocycles. The minimum Gasteiger partial charge on any atom is -0.493 e. The summed E-state index contributed by atoms with van der Waals surface area (Å²) >= 11 is 0. The molecule has 1 aromatic carbocycles. The lowest BCUT2D eigenvalue weighted by atomic mass is 9.95. The number of aliphatic hydroxyl groups excluding tert-OH is 1. The third-order valence-corrected chi connectivity index (χ3v) is 8.31. The van der Waals surface area contributed by atoms with Crippen LogP contribution in [0.2, 0.25) is 0 Å². The molecule has 2 N–H and O–H groups in total. The molecule has 10 heteroatoms. The van der Waals surface area contributed by atoms with Crippen LogP contribution in [0.4, 0.5) is 0 Å². The van der Waals surface area contributed by atoms with Gasteiger partial charge in [-0.15, -0.1) is 0 Å². The van der Waals surface area contributed by atoms with Crippen LogP contribution in [-0.4, -0.2) is 61.0 Å². The number of ether oxygens (including phenoxy) is 1. The van der Waals surface area contributed by atoms with Crippen LogP contribution in [0.15, 0.2) is 29.3 Å². The summed E-state index contributed by atoms with van der Waals surface area (Å²) in [6, 6.07) is 4.32. The van der Waals surface area contributed by atoms with Gasteiger partial charge < -0.3 is 9.84 Å². The zero-order valence-corrected chi connectivity index (χ0v) is 21.4. The molecule has 9 nitrogen and oxygen atoms in total. The maximum atomic E-state index is 13.3. The Morgan fingerprint density at radius 3 is 2.57 bits per heavy atom. The molecule has 0 radical (unpaired) electrons. The summed E-state index contributed by atoms with van der Waals surface area (Å²) in [7, 11) is -3.80. The number of hydrogen-bond donors (Lipinski definition) is 2. The van der Waals surface area contributed by atoms with E-state index in [1.165, 1.54) is 27.2 Å². The van der Waals surface area contributed by atoms with E-state index < -0.39 is 15.9 Å². The van der Waals surface area contributed by atoms with Gasteiger partial charge in [-0.1, -0.05) is 13.3 Å². The third kappa shape index (κ3) is 5.94. The van der Waals surface area contributed by atoms with Gasteiger partial charge >= 0.3 is 0 Å². The molecule has 1 saturated heterocycles. The van der Waals surface area contributed by atoms with Crippen LogP contribution in [0.1, 0.15) is 71.5 Å². The number of benzene rings is 1. The van der Waals surface area contributed by atoms with Crippen molar-refractivity contribution in [2.45, 2.75) is 57.8 Å². The van der Waals surface area contributed by atoms with E-state index in [9.17, 15) is 18.0 Å². The number of piperidine rings is 1. The lowest BCUT2D eigenvalue weighted by Gasteiger charge is -2.31. The number of aliphatic hydroxyl groups is 1. The number of rotatable bonds is 11. The second-order valence-electron chi connectivity index (χ2n) is 8.80. The van der Waals surface area contributed by atoms with Crippen molar-refractivity contribution in [3.05, 3.63) is 46.8 Å². The van der Waals surface area contributed by atoms with Gasteiger partial charge in [-0.25, -0.2) is 8.42 Å². The van der Waals surface area contributed by atoms with Gasteiger partial charge in [0.1, 0.15) is 5.75 Å². The Labute approximate surface area is 207 Å². The number of hydrogen-bond acceptors (Lipinski definition) is 6. The quantitative estimate of drug-likeness (QED) is 0.453. The maximum absolute atomic E-state index is 13.3. The highest BCUT2D eigenvalue weighted by Crippen LogP contribution is 2.29. The van der Waals surface area contributed by atoms with Crippen molar-refractivity contribution < 1.29 is 27.9 Å². The first-order valence-corrected chi connectivity index (χ1v) is 13.6. The predicted octanol–water partition coefficient (Wildman–Crippen LogP) is 3.13. The molecule has 1 amide bonds. The highest BCUT2D eigenvalue weighted by molar-refractivity contribution is 7.89. The number of carbonyl (C=O) groups is 2. The van der Waals surface area contributed by atoms with Crippen molar-refractivity contribution in [2.24, 2.45) is 5.92 Å². The minimum atomic E-state index is -3.80. The summed E-state index contributed by atoms with van der Waals surface area (Å²) in [6.07, 6.45) is 5.91. The fraction of sp³-hybridized carbons (Fsp3) is 0.520. The van der Waals surface area contributed by atoms with E-state index in [-0.39, 0.29) is 22.8 Å². The Balaban J connectivity index is 1.91. The predicted molar refractivity (Wildman–Crippen MR) is 133 cm³/mol. The van der Waals surface area contributed by atoms with Gasteiger partial charge in [-0.3, -0.25) is 19.7 Å². The molecular formula is C25H35N3O6S. The number of aryl methyl sites for hydroxylation is 1. The van der Waals surface area contributed by atoms with E-state index in [0.29, 0.717) is 62.6 Å². The van der Waals surface area contributed by atoms with E-state index in [1.54, 1.807) is 20.0 Å². The molecule has 1 fully saturated rings. The van der Waals surface area contributed by atoms with Gasteiger partial charge in [-0.05, 0) is 69.2 Å². The fourth-order valence-electron chi connectivity index (χ4n) is 4.52. The second kappa shape index (κ2) is 11.8. The molecule has 192 valence electrons. The monoisotopic (exact) mass is 505 g/mol. The summed E-state index contributed by atoms with van der Waals surface area (Å²) in [5.41, 5.74) is 4.87. The normalized spacial score (nSPS) is 15.2. The number of nitrogens with one attached hydrogen (secondary N) is 1. The van der Waals surface area contributed by atoms with Gasteiger partial charge in [0, 0.05) is 31.5 Å². The van der Waals surface area contributed by atoms with Crippen LogP contribution in [0.25, 0.3) is 0 Å². The molecule has 1 aliphatic rings. The number of aromatic nitrogens is 1. The van der Waals surface area contributed by atoms with Crippen molar-refractivity contribution in [3.8, 4) is 5.75 Å². The second-order valence-corrected chi connectivity index (χ2v) is 10.7. The number of amides is 1. The highest BCUT2D eigenvalue weighted by Gasteiger charge is 2.30. The third-order valence-electron chi connectivity index (χ3n) is 6.42. The first-order valence-electron chi connectivity index (χ1n) is 12.1. The molecule has 0 unspecified atom stereocenters. The van der Waals surface area contributed by atoms with Crippen LogP contribution < -0.4 is 10.2 Å². The Hall–Kier alpha value is -2.69. The smallest absolute Gasteiger partial charge is 0.273 e. The summed E-state index contributed by atoms with van der Waals surface area (Å²) < 4.78 is 35.3. The molecule has 2 aromatic rings. The largest absolute Gasteiger partial charge is 0.493 e. The van der Waals surface area contributed by atoms with Crippen molar-refractivity contribution >= 4 is 22.2 Å². The van der Waals surface area contributed by atoms with Crippen LogP contribution in [0.3, 0.4) is 0 Å². The molecule has 3 rings (SSSR count). The Kier molecular flexibility index (Phi) is 9.09. The number of aldehydes is 1. The Morgan fingerprint density at radius 2 is 1.97 bits per heavy atom. The Morgan fingerprint density at radius 1 is 1.26 bits per heavy atom. The molecule has 0 spiro atoms. The SMILES string of the molecule is CCCc1c(C=O)c(C)cn1NC(=O)c1cc(S(=O)(=O)N2CCC(CCO)CC2)ccc1OCC. The number of sulfonamides is 1. The standard InChI is InChI=1S/C25H35N3O6S/c1-4-6-23-22(17-30)18(3)16-28(23)26-25(31)21-15-20(7-8-24(21)34-5-2)35(32,33)27-12-9-19(10-13-27)11-14-29/h7-8,15-17,19,29H,4-6,9-14H2,1-3H3,(H,26,31). The van der Waals surface area contributed by atoms with Crippen molar-refractivity contribution in [2.75, 3.05) is 31.7 Å². The fourth-order valence-corrected chi connectivity index (χ4v) is 6.02. The van der Waals surface area contributed by atoms with Crippen LogP contribution >= 0.6 is 0 Å². The topological polar surface area (TPSA) is 118 Å². The van der Waals surface area contributed by atoms with Crippen LogP contribution in [-0.2, 0) is 16.4 Å². The highest BCUT2D eigenvalue weighted by atomic mass is 32.2. The number of carbonyl (C=O) groups excluding carboxylic acids is 2. The van der Waals surface area contributed by atoms with Crippen molar-refractivity contribution in [3.63, 3.8) is 0 Å². The average Bonchev–Trinajstić information content (AvgIpc) is 3.13. The maximum Gasteiger partial charge on any atom is 0.273 e. The lowest BCUT2D eigenvalue weighted by molar-refractivity contribution is 0.100. The van der Waals surface area contributed by atoms with Gasteiger partial charge in [0.05, 0.1) is 22.8 Å². The van der Waals surface area contributed by atoms with Gasteiger partial charge in [-0.2, -0.15) is 4.31 Å². The van der Waals surface area contributed by atoms with E-state index in [1.807, 2.05) is 6.92 Å². The molecule has 0 saturated carbocycles. The average molecular weight is 506 g/mol. The summed E-state index contributed by atoms with van der Waals surface area (Å²) in [6.45, 7) is 6.73. The van der Waals surface area contributed by atoms with E-state index in [0.717, 1.165) is 18.3 Å². The zero-order valence-electron chi connectivity index (χ0n) is 20.6. The Bertz CT molecular complexity index is 1150. The van der Waals surface area contributed by atoms with Crippen LogP contribution in [0, 0.1) is 12.8 Å². The summed E-state index contributed by atoms with van der Waals surface area (Å²) in [5, 5.41) is 9.16. The van der Waals surface area contributed by atoms with Crippen LogP contribution in [0.5, 0.6) is 5.75 Å². The first kappa shape index (κ1) is 26.9. The molecule has 0 bridgehead atoms. The summed E-state index contributed by atoms with van der Waals surface area (Å²) in [4.78, 5) is 24.9. The van der Waals surface area contributed by atoms with Crippen molar-refractivity contribution in [1.29, 1.82) is 0 Å². The van der Waals surface area contributed by atoms with Gasteiger partial charge in [0.25, 0.3) is 5.91 Å². The van der Waals surface area contributed by atoms with E-state index in [4.69, 9.17) is 9.84 Å². The molecule has 0 atom stereocenters. The molecule has 35 heavy (non-hydrogen) atoms. The molecule has 1 aliphatic heterocycles. The molecule has 0 aliphatic carbocycles. The van der Waals surface area contributed by atoms with Gasteiger partial charge in [0.2, 0.25) is 10.0 Å². The van der Waals surface area contributed by atoms with Crippen molar-refractivity contribution in [1.82, 2.24) is 8.98 Å². The molecular weight excluding hydrogens is 470 g/mol. The van der Waals surface area contributed by atoms with Gasteiger partial charge in [0.15, 0.2) is 6.29 Å². The number of nitrogens with zero attached hydrogens (tertiary/aromatic N) is 2. The molecule has 2 heterocycles. The summed E-state index contributed by atoms with van der Waals surface area (Å²) in [5.74, 6) is 0.0609. The minimum absolute atomic E-state index is 0.0257. The van der Waals surface area contributed by atoms with E-state index in [2.05, 4.69) is 5.43 Å². The lowest BCUT2D eigenvalue weighted by Crippen LogP contribution is -2.38. The van der Waals surface area contributed by atoms with E-state index >= 15 is 0 Å².